The standard InChI is InChI=1S/C17H23N5O3/c1-17(13-7-5-4-6-8-13)12-22(9-10-24-17)16(23)18-11-14-19-15(20-25-14)21(2)3/h4-8H,9-12H2,1-3H3,(H,18,23). The number of hydrogen-bond donors (Lipinski definition) is 1. The van der Waals surface area contributed by atoms with Crippen LogP contribution in [0.15, 0.2) is 34.9 Å². The number of hydrogen-bond acceptors (Lipinski definition) is 6. The summed E-state index contributed by atoms with van der Waals surface area (Å²) in [5.74, 6) is 0.850. The highest BCUT2D eigenvalue weighted by Gasteiger charge is 2.35. The summed E-state index contributed by atoms with van der Waals surface area (Å²) in [4.78, 5) is 20.2. The lowest BCUT2D eigenvalue weighted by molar-refractivity contribution is -0.0907. The molecule has 25 heavy (non-hydrogen) atoms. The third kappa shape index (κ3) is 3.90. The Hall–Kier alpha value is -2.61. The fourth-order valence-electron chi connectivity index (χ4n) is 2.77. The van der Waals surface area contributed by atoms with E-state index in [1.807, 2.05) is 51.4 Å². The van der Waals surface area contributed by atoms with Crippen molar-refractivity contribution in [3.8, 4) is 0 Å². The van der Waals surface area contributed by atoms with E-state index in [1.165, 1.54) is 0 Å². The molecule has 134 valence electrons. The number of benzene rings is 1. The van der Waals surface area contributed by atoms with E-state index in [2.05, 4.69) is 15.5 Å². The SMILES string of the molecule is CN(C)c1noc(CNC(=O)N2CCOC(C)(c3ccccc3)C2)n1. The maximum Gasteiger partial charge on any atom is 0.318 e. The van der Waals surface area contributed by atoms with Crippen molar-refractivity contribution in [2.45, 2.75) is 19.1 Å². The molecular formula is C17H23N5O3. The van der Waals surface area contributed by atoms with Gasteiger partial charge in [-0.25, -0.2) is 4.79 Å². The number of ether oxygens (including phenoxy) is 1. The first-order chi connectivity index (χ1) is 12.0. The van der Waals surface area contributed by atoms with Crippen molar-refractivity contribution in [1.29, 1.82) is 0 Å². The van der Waals surface area contributed by atoms with Gasteiger partial charge < -0.3 is 24.4 Å². The highest BCUT2D eigenvalue weighted by Crippen LogP contribution is 2.29. The first-order valence-corrected chi connectivity index (χ1v) is 8.20. The van der Waals surface area contributed by atoms with Gasteiger partial charge in [0.05, 0.1) is 19.7 Å². The lowest BCUT2D eigenvalue weighted by atomic mass is 9.94. The Kier molecular flexibility index (Phi) is 4.89. The largest absolute Gasteiger partial charge is 0.367 e. The molecule has 1 aromatic heterocycles. The van der Waals surface area contributed by atoms with E-state index >= 15 is 0 Å². The van der Waals surface area contributed by atoms with Gasteiger partial charge in [-0.15, -0.1) is 0 Å². The van der Waals surface area contributed by atoms with Crippen LogP contribution in [-0.4, -0.2) is 54.9 Å². The topological polar surface area (TPSA) is 83.7 Å². The molecule has 0 aliphatic carbocycles. The molecule has 1 atom stereocenters. The van der Waals surface area contributed by atoms with Crippen LogP contribution in [0.4, 0.5) is 10.7 Å². The molecule has 1 unspecified atom stereocenters. The maximum absolute atomic E-state index is 12.5. The number of urea groups is 1. The molecule has 1 N–H and O–H groups in total. The second kappa shape index (κ2) is 7.10. The van der Waals surface area contributed by atoms with Crippen LogP contribution in [0.3, 0.4) is 0 Å². The third-order valence-electron chi connectivity index (χ3n) is 4.19. The van der Waals surface area contributed by atoms with Gasteiger partial charge in [0.25, 0.3) is 5.95 Å². The number of nitrogens with one attached hydrogen (secondary N) is 1. The summed E-state index contributed by atoms with van der Waals surface area (Å²) < 4.78 is 11.1. The van der Waals surface area contributed by atoms with E-state index in [9.17, 15) is 4.79 Å². The first-order valence-electron chi connectivity index (χ1n) is 8.20. The smallest absolute Gasteiger partial charge is 0.318 e. The maximum atomic E-state index is 12.5. The second-order valence-corrected chi connectivity index (χ2v) is 6.41. The Morgan fingerprint density at radius 3 is 2.80 bits per heavy atom. The summed E-state index contributed by atoms with van der Waals surface area (Å²) in [6, 6.07) is 9.77. The molecule has 0 bridgehead atoms. The molecule has 1 aliphatic rings. The quantitative estimate of drug-likeness (QED) is 0.906. The Morgan fingerprint density at radius 1 is 1.36 bits per heavy atom. The van der Waals surface area contributed by atoms with Gasteiger partial charge in [0, 0.05) is 20.6 Å². The van der Waals surface area contributed by atoms with Gasteiger partial charge in [-0.05, 0) is 17.6 Å². The van der Waals surface area contributed by atoms with Gasteiger partial charge >= 0.3 is 6.03 Å². The molecule has 2 amide bonds. The monoisotopic (exact) mass is 345 g/mol. The molecule has 2 aromatic rings. The number of nitrogens with zero attached hydrogens (tertiary/aromatic N) is 4. The number of rotatable bonds is 4. The van der Waals surface area contributed by atoms with E-state index in [4.69, 9.17) is 9.26 Å². The molecule has 0 saturated carbocycles. The van der Waals surface area contributed by atoms with Crippen molar-refractivity contribution in [2.75, 3.05) is 38.7 Å². The van der Waals surface area contributed by atoms with Crippen LogP contribution in [0.5, 0.6) is 0 Å². The summed E-state index contributed by atoms with van der Waals surface area (Å²) in [6.45, 7) is 3.71. The van der Waals surface area contributed by atoms with Gasteiger partial charge in [0.2, 0.25) is 5.89 Å². The lowest BCUT2D eigenvalue weighted by Gasteiger charge is -2.40. The normalized spacial score (nSPS) is 20.4. The predicted octanol–water partition coefficient (Wildman–Crippen LogP) is 1.59. The number of anilines is 1. The fraction of sp³-hybridized carbons (Fsp3) is 0.471. The minimum Gasteiger partial charge on any atom is -0.367 e. The Morgan fingerprint density at radius 2 is 2.12 bits per heavy atom. The Labute approximate surface area is 146 Å². The van der Waals surface area contributed by atoms with Gasteiger partial charge in [-0.2, -0.15) is 4.98 Å². The van der Waals surface area contributed by atoms with Crippen LogP contribution >= 0.6 is 0 Å². The molecule has 0 radical (unpaired) electrons. The van der Waals surface area contributed by atoms with Gasteiger partial charge in [0.1, 0.15) is 5.60 Å². The highest BCUT2D eigenvalue weighted by molar-refractivity contribution is 5.74. The minimum atomic E-state index is -0.514. The number of carbonyl (C=O) groups excluding carboxylic acids is 1. The van der Waals surface area contributed by atoms with Crippen LogP contribution in [0.1, 0.15) is 18.4 Å². The summed E-state index contributed by atoms with van der Waals surface area (Å²) in [5.41, 5.74) is 0.541. The van der Waals surface area contributed by atoms with Crippen molar-refractivity contribution in [3.05, 3.63) is 41.8 Å². The van der Waals surface area contributed by atoms with Crippen molar-refractivity contribution in [1.82, 2.24) is 20.4 Å². The average molecular weight is 345 g/mol. The molecule has 2 heterocycles. The average Bonchev–Trinajstić information content (AvgIpc) is 3.10. The van der Waals surface area contributed by atoms with E-state index in [0.717, 1.165) is 5.56 Å². The molecule has 1 fully saturated rings. The molecule has 1 saturated heterocycles. The van der Waals surface area contributed by atoms with Crippen molar-refractivity contribution in [2.24, 2.45) is 0 Å². The van der Waals surface area contributed by atoms with E-state index in [1.54, 1.807) is 9.80 Å². The Balaban J connectivity index is 1.60. The fourth-order valence-corrected chi connectivity index (χ4v) is 2.77. The van der Waals surface area contributed by atoms with Crippen LogP contribution in [-0.2, 0) is 16.9 Å². The number of morpholine rings is 1. The first kappa shape index (κ1) is 17.2. The van der Waals surface area contributed by atoms with E-state index in [-0.39, 0.29) is 12.6 Å². The van der Waals surface area contributed by atoms with Crippen molar-refractivity contribution in [3.63, 3.8) is 0 Å². The Bertz CT molecular complexity index is 718. The molecule has 3 rings (SSSR count). The lowest BCUT2D eigenvalue weighted by Crippen LogP contribution is -2.53. The highest BCUT2D eigenvalue weighted by atomic mass is 16.5. The van der Waals surface area contributed by atoms with Crippen LogP contribution in [0.2, 0.25) is 0 Å². The second-order valence-electron chi connectivity index (χ2n) is 6.41. The zero-order valence-electron chi connectivity index (χ0n) is 14.7. The zero-order chi connectivity index (χ0) is 17.9. The van der Waals surface area contributed by atoms with Gasteiger partial charge in [-0.1, -0.05) is 30.3 Å². The molecule has 1 aliphatic heterocycles. The molecular weight excluding hydrogens is 322 g/mol. The van der Waals surface area contributed by atoms with Crippen LogP contribution < -0.4 is 10.2 Å². The van der Waals surface area contributed by atoms with E-state index < -0.39 is 5.60 Å². The third-order valence-corrected chi connectivity index (χ3v) is 4.19. The van der Waals surface area contributed by atoms with Crippen LogP contribution in [0.25, 0.3) is 0 Å². The van der Waals surface area contributed by atoms with E-state index in [0.29, 0.717) is 31.5 Å². The number of amides is 2. The molecule has 0 spiro atoms. The van der Waals surface area contributed by atoms with Crippen molar-refractivity contribution < 1.29 is 14.1 Å². The minimum absolute atomic E-state index is 0.171. The molecule has 1 aromatic carbocycles. The summed E-state index contributed by atoms with van der Waals surface area (Å²) in [5, 5.41) is 6.65. The summed E-state index contributed by atoms with van der Waals surface area (Å²) in [6.07, 6.45) is 0. The predicted molar refractivity (Wildman–Crippen MR) is 92.2 cm³/mol. The summed E-state index contributed by atoms with van der Waals surface area (Å²) in [7, 11) is 3.65. The van der Waals surface area contributed by atoms with Crippen molar-refractivity contribution >= 4 is 12.0 Å². The van der Waals surface area contributed by atoms with Gasteiger partial charge in [0.15, 0.2) is 0 Å². The van der Waals surface area contributed by atoms with Crippen LogP contribution in [0, 0.1) is 0 Å². The molecule has 8 heteroatoms. The van der Waals surface area contributed by atoms with Gasteiger partial charge in [-0.3, -0.25) is 0 Å². The zero-order valence-corrected chi connectivity index (χ0v) is 14.7. The number of aromatic nitrogens is 2. The number of carbonyl (C=O) groups is 1. The molecule has 8 nitrogen and oxygen atoms in total. The summed E-state index contributed by atoms with van der Waals surface area (Å²) >= 11 is 0.